The van der Waals surface area contributed by atoms with Crippen molar-refractivity contribution >= 4 is 136 Å². The Labute approximate surface area is 742 Å². The maximum absolute atomic E-state index is 16.1. The maximum atomic E-state index is 16.1. The van der Waals surface area contributed by atoms with E-state index >= 15 is 47.9 Å². The highest BCUT2D eigenvalue weighted by molar-refractivity contribution is 6.25. The van der Waals surface area contributed by atoms with E-state index in [0.29, 0.717) is 35.1 Å². The summed E-state index contributed by atoms with van der Waals surface area (Å²) >= 11 is 0. The maximum Gasteiger partial charge on any atom is 0.407 e. The molecule has 26 heteroatoms. The molecule has 0 saturated carbocycles. The van der Waals surface area contributed by atoms with Gasteiger partial charge in [-0.1, -0.05) is 258 Å². The zero-order chi connectivity index (χ0) is 89.5. The number of nitrogens with one attached hydrogen (secondary N) is 10. The fraction of sp³-hybridized carbons (Fsp3) is 0.333. The molecule has 0 spiro atoms. The van der Waals surface area contributed by atoms with Gasteiger partial charge < -0.3 is 72.4 Å². The van der Waals surface area contributed by atoms with Crippen LogP contribution in [0.1, 0.15) is 112 Å². The number of carbonyl (C=O) groups is 12. The van der Waals surface area contributed by atoms with Gasteiger partial charge in [0, 0.05) is 51.9 Å². The molecule has 0 aliphatic carbocycles. The van der Waals surface area contributed by atoms with Crippen LogP contribution in [0.3, 0.4) is 0 Å². The molecule has 3 fully saturated rings. The Hall–Kier alpha value is -14.0. The van der Waals surface area contributed by atoms with Crippen LogP contribution in [0.25, 0.3) is 64.6 Å². The van der Waals surface area contributed by atoms with Crippen LogP contribution in [0, 0.1) is 11.8 Å². The Balaban J connectivity index is 0.798. The van der Waals surface area contributed by atoms with E-state index in [2.05, 4.69) is 53.2 Å². The van der Waals surface area contributed by atoms with Gasteiger partial charge >= 0.3 is 12.2 Å². The highest BCUT2D eigenvalue weighted by Gasteiger charge is 2.44. The highest BCUT2D eigenvalue weighted by atomic mass is 16.6. The predicted octanol–water partition coefficient (Wildman–Crippen LogP) is 11.4. The molecule has 12 aromatic carbocycles. The van der Waals surface area contributed by atoms with Gasteiger partial charge in [-0.05, 0) is 161 Å². The Morgan fingerprint density at radius 3 is 1.00 bits per heavy atom. The van der Waals surface area contributed by atoms with Crippen LogP contribution in [-0.4, -0.2) is 168 Å². The molecule has 128 heavy (non-hydrogen) atoms. The lowest BCUT2D eigenvalue weighted by molar-refractivity contribution is -0.143. The molecule has 660 valence electrons. The third kappa shape index (κ3) is 21.0. The van der Waals surface area contributed by atoms with Gasteiger partial charge in [-0.15, -0.1) is 0 Å². The molecule has 12 amide bonds. The number of amides is 12. The first kappa shape index (κ1) is 88.8. The number of rotatable bonds is 22. The summed E-state index contributed by atoms with van der Waals surface area (Å²) in [6.45, 7) is 6.81. The largest absolute Gasteiger partial charge is 0.445 e. The van der Waals surface area contributed by atoms with Gasteiger partial charge in [0.2, 0.25) is 59.1 Å². The molecule has 15 rings (SSSR count). The minimum absolute atomic E-state index is 0.0265. The quantitative estimate of drug-likeness (QED) is 0.0223. The van der Waals surface area contributed by atoms with Crippen molar-refractivity contribution in [2.24, 2.45) is 11.8 Å². The van der Waals surface area contributed by atoms with E-state index in [4.69, 9.17) is 9.47 Å². The summed E-state index contributed by atoms with van der Waals surface area (Å²) in [5.74, 6) is -8.90. The third-order valence-electron chi connectivity index (χ3n) is 24.9. The Morgan fingerprint density at radius 2 is 0.641 bits per heavy atom. The average Bonchev–Trinajstić information content (AvgIpc) is 0.901. The molecule has 0 aromatic heterocycles. The normalized spacial score (nSPS) is 21.2. The van der Waals surface area contributed by atoms with Crippen molar-refractivity contribution in [1.82, 2.24) is 63.0 Å². The van der Waals surface area contributed by atoms with Gasteiger partial charge in [-0.2, -0.15) is 0 Å². The molecular weight excluding hydrogens is 1620 g/mol. The summed E-state index contributed by atoms with van der Waals surface area (Å²) in [6, 6.07) is 58.0. The van der Waals surface area contributed by atoms with Gasteiger partial charge in [0.1, 0.15) is 73.6 Å². The van der Waals surface area contributed by atoms with E-state index in [1.54, 1.807) is 88.4 Å². The van der Waals surface area contributed by atoms with Crippen molar-refractivity contribution in [3.8, 4) is 0 Å². The minimum Gasteiger partial charge on any atom is -0.445 e. The number of alkyl carbamates (subject to hydrolysis) is 2. The zero-order valence-electron chi connectivity index (χ0n) is 72.2. The number of hydrogen-bond donors (Lipinski definition) is 10. The van der Waals surface area contributed by atoms with Crippen LogP contribution in [0.4, 0.5) is 9.59 Å². The lowest BCUT2D eigenvalue weighted by atomic mass is 9.90. The van der Waals surface area contributed by atoms with Crippen LogP contribution in [-0.2, 0) is 96.3 Å². The standard InChI is InChI=1S/C102H108N12O14/c1-61(2)89-97(121)105-77(35-19-51-103-101(125)127-59-65-27-13-7-14-28-65)91(115)107-79(57-73-45-43-71-41-39-67-31-17-33-69-47-49-75(73)87(71)85(67)69)93(117)110-82(56-64-25-11-6-12-26-64)100(124)114-54-22-38-84(114)96(120)112-90(62(3)4)98(122)106-78(36-20-52-104-102(126)128-60-66-29-15-8-16-30-66)92(116)108-80(58-74-46-44-72-42-40-68-32-18-34-70-48-50-76(74)88(72)86(68)70)94(118)109-81(55-63-23-9-5-10-24-63)99(123)113-53-21-37-83(113)95(119)111-89/h5-18,23-34,39-50,61-62,77-84,89-90H,19-22,35-38,51-60H2,1-4H3,(H,103,125)(H,104,126)(H,105,121)(H,106,122)(H,107,115)(H,108,116)(H,109,118)(H,110,117)(H,111,119)(H,112,120)/t77-,78-,79-,80-,81+,82+,83-,84-,89-,90-/m0/s1. The van der Waals surface area contributed by atoms with Crippen LogP contribution in [0.2, 0.25) is 0 Å². The molecule has 0 bridgehead atoms. The molecule has 10 atom stereocenters. The first-order valence-corrected chi connectivity index (χ1v) is 44.4. The molecule has 3 heterocycles. The molecule has 26 nitrogen and oxygen atoms in total. The second kappa shape index (κ2) is 40.9. The second-order valence-electron chi connectivity index (χ2n) is 34.4. The summed E-state index contributed by atoms with van der Waals surface area (Å²) in [6.07, 6.45) is -1.22. The van der Waals surface area contributed by atoms with E-state index in [-0.39, 0.29) is 104 Å². The predicted molar refractivity (Wildman–Crippen MR) is 490 cm³/mol. The smallest absolute Gasteiger partial charge is 0.407 e. The van der Waals surface area contributed by atoms with Crippen molar-refractivity contribution in [2.75, 3.05) is 26.2 Å². The lowest BCUT2D eigenvalue weighted by Gasteiger charge is -2.33. The number of nitrogens with zero attached hydrogens (tertiary/aromatic N) is 2. The average molecular weight is 1730 g/mol. The van der Waals surface area contributed by atoms with Crippen LogP contribution < -0.4 is 53.2 Å². The van der Waals surface area contributed by atoms with Gasteiger partial charge in [0.15, 0.2) is 0 Å². The highest BCUT2D eigenvalue weighted by Crippen LogP contribution is 2.39. The minimum atomic E-state index is -1.50. The van der Waals surface area contributed by atoms with Crippen molar-refractivity contribution in [3.05, 3.63) is 264 Å². The number of carbonyl (C=O) groups excluding carboxylic acids is 12. The SMILES string of the molecule is CC(C)[C@@H]1NC(=O)[C@@H]2CCCN2C(=O)[C@@H](Cc2ccccc2)NC(=O)[C@H](Cc2ccc3ccc4cccc5ccc2c3c45)NC(=O)[C@H](CCCNC(=O)OCc2ccccc2)NC(=O)[C@H](C(C)C)NC(=O)[C@@H]2CCCN2C(=O)[C@@H](Cc2ccccc2)NC(=O)[C@H](Cc2ccc3ccc4cccc5ccc2c3c45)NC(=O)[C@H](CCCNC(=O)OCc2ccccc2)NC1=O. The van der Waals surface area contributed by atoms with Crippen LogP contribution >= 0.6 is 0 Å². The summed E-state index contributed by atoms with van der Waals surface area (Å²) in [5, 5.41) is 40.6. The van der Waals surface area contributed by atoms with E-state index in [0.717, 1.165) is 75.8 Å². The summed E-state index contributed by atoms with van der Waals surface area (Å²) in [7, 11) is 0. The topological polar surface area (TPSA) is 350 Å². The fourth-order valence-corrected chi connectivity index (χ4v) is 18.2. The van der Waals surface area contributed by atoms with Gasteiger partial charge in [-0.3, -0.25) is 47.9 Å². The molecule has 3 aliphatic heterocycles. The molecule has 3 saturated heterocycles. The van der Waals surface area contributed by atoms with E-state index in [1.165, 1.54) is 9.80 Å². The number of benzene rings is 12. The molecule has 0 unspecified atom stereocenters. The molecule has 0 radical (unpaired) electrons. The zero-order valence-corrected chi connectivity index (χ0v) is 72.2. The summed E-state index contributed by atoms with van der Waals surface area (Å²) in [5.41, 5.74) is 4.06. The first-order chi connectivity index (χ1) is 62.1. The fourth-order valence-electron chi connectivity index (χ4n) is 18.2. The van der Waals surface area contributed by atoms with Gasteiger partial charge in [0.05, 0.1) is 0 Å². The van der Waals surface area contributed by atoms with Crippen molar-refractivity contribution < 1.29 is 67.0 Å². The third-order valence-corrected chi connectivity index (χ3v) is 24.9. The second-order valence-corrected chi connectivity index (χ2v) is 34.4. The van der Waals surface area contributed by atoms with Crippen molar-refractivity contribution in [2.45, 2.75) is 178 Å². The van der Waals surface area contributed by atoms with Gasteiger partial charge in [0.25, 0.3) is 0 Å². The van der Waals surface area contributed by atoms with Crippen molar-refractivity contribution in [3.63, 3.8) is 0 Å². The number of ether oxygens (including phenoxy) is 2. The molecular formula is C102H108N12O14. The molecule has 10 N–H and O–H groups in total. The Bertz CT molecular complexity index is 5640. The number of fused-ring (bicyclic) bond motifs is 2. The number of hydrogen-bond acceptors (Lipinski definition) is 14. The molecule has 3 aliphatic rings. The Morgan fingerprint density at radius 1 is 0.328 bits per heavy atom. The monoisotopic (exact) mass is 1720 g/mol. The lowest BCUT2D eigenvalue weighted by Crippen LogP contribution is -2.62. The van der Waals surface area contributed by atoms with E-state index in [1.807, 2.05) is 170 Å². The molecule has 12 aromatic rings. The first-order valence-electron chi connectivity index (χ1n) is 44.4. The summed E-state index contributed by atoms with van der Waals surface area (Å²) in [4.78, 5) is 187. The van der Waals surface area contributed by atoms with Gasteiger partial charge in [-0.25, -0.2) is 9.59 Å². The summed E-state index contributed by atoms with van der Waals surface area (Å²) < 4.78 is 11.1. The van der Waals surface area contributed by atoms with E-state index in [9.17, 15) is 9.59 Å². The van der Waals surface area contributed by atoms with Crippen LogP contribution in [0.5, 0.6) is 0 Å². The van der Waals surface area contributed by atoms with E-state index < -0.39 is 144 Å². The van der Waals surface area contributed by atoms with Crippen LogP contribution in [0.15, 0.2) is 231 Å². The Kier molecular flexibility index (Phi) is 28.4. The van der Waals surface area contributed by atoms with Crippen molar-refractivity contribution in [1.29, 1.82) is 0 Å².